The highest BCUT2D eigenvalue weighted by atomic mass is 127. The van der Waals surface area contributed by atoms with Crippen molar-refractivity contribution in [1.29, 1.82) is 0 Å². The summed E-state index contributed by atoms with van der Waals surface area (Å²) in [6.45, 7) is 3.64. The number of ether oxygens (including phenoxy) is 1. The number of hydrogen-bond donors (Lipinski definition) is 1. The highest BCUT2D eigenvalue weighted by Crippen LogP contribution is 2.15. The van der Waals surface area contributed by atoms with Gasteiger partial charge in [0.2, 0.25) is 5.95 Å². The number of nitrogens with zero attached hydrogens (tertiary/aromatic N) is 7. The van der Waals surface area contributed by atoms with Gasteiger partial charge in [0.1, 0.15) is 5.75 Å². The first-order chi connectivity index (χ1) is 14.2. The first-order valence-corrected chi connectivity index (χ1v) is 9.49. The Kier molecular flexibility index (Phi) is 7.44. The molecule has 2 aromatic heterocycles. The molecule has 0 saturated carbocycles. The van der Waals surface area contributed by atoms with E-state index in [2.05, 4.69) is 29.9 Å². The van der Waals surface area contributed by atoms with E-state index in [1.807, 2.05) is 47.3 Å². The summed E-state index contributed by atoms with van der Waals surface area (Å²) in [6, 6.07) is 11.5. The number of guanidine groups is 1. The zero-order valence-electron chi connectivity index (χ0n) is 16.8. The number of halogens is 1. The fourth-order valence-corrected chi connectivity index (χ4v) is 3.18. The number of rotatable bonds is 5. The Labute approximate surface area is 192 Å². The van der Waals surface area contributed by atoms with E-state index in [0.717, 1.165) is 49.3 Å². The highest BCUT2D eigenvalue weighted by molar-refractivity contribution is 14.0. The molecule has 0 spiro atoms. The van der Waals surface area contributed by atoms with Gasteiger partial charge in [-0.1, -0.05) is 0 Å². The van der Waals surface area contributed by atoms with Gasteiger partial charge in [0.25, 0.3) is 0 Å². The zero-order chi connectivity index (χ0) is 20.1. The van der Waals surface area contributed by atoms with E-state index in [-0.39, 0.29) is 24.0 Å². The van der Waals surface area contributed by atoms with E-state index in [4.69, 9.17) is 10.5 Å². The lowest BCUT2D eigenvalue weighted by Crippen LogP contribution is -2.51. The average molecular weight is 520 g/mol. The standard InChI is InChI=1S/C20H24N8O.HI/c1-29-18-5-3-17(4-6-18)28-10-7-16(25-28)15-24-19(21)26-11-13-27(14-12-26)20-22-8-2-9-23-20;/h2-10H,11-15H2,1H3,(H2,21,24);1H. The molecule has 0 bridgehead atoms. The molecular formula is C20H25IN8O. The maximum absolute atomic E-state index is 6.21. The molecule has 1 aromatic carbocycles. The van der Waals surface area contributed by atoms with Crippen LogP contribution in [0.2, 0.25) is 0 Å². The second-order valence-corrected chi connectivity index (χ2v) is 6.65. The molecule has 0 radical (unpaired) electrons. The Morgan fingerprint density at radius 2 is 1.77 bits per heavy atom. The molecular weight excluding hydrogens is 495 g/mol. The summed E-state index contributed by atoms with van der Waals surface area (Å²) >= 11 is 0. The van der Waals surface area contributed by atoms with Crippen LogP contribution in [0.4, 0.5) is 5.95 Å². The number of piperazine rings is 1. The average Bonchev–Trinajstić information content (AvgIpc) is 3.27. The first-order valence-electron chi connectivity index (χ1n) is 9.49. The maximum atomic E-state index is 6.21. The molecule has 3 aromatic rings. The Morgan fingerprint density at radius 3 is 2.43 bits per heavy atom. The molecule has 0 amide bonds. The number of benzene rings is 1. The Morgan fingerprint density at radius 1 is 1.07 bits per heavy atom. The zero-order valence-corrected chi connectivity index (χ0v) is 19.1. The fraction of sp³-hybridized carbons (Fsp3) is 0.300. The Balaban J connectivity index is 0.00000256. The summed E-state index contributed by atoms with van der Waals surface area (Å²) in [7, 11) is 1.65. The number of aliphatic imine (C=N–C) groups is 1. The first kappa shape index (κ1) is 21.8. The van der Waals surface area contributed by atoms with Crippen molar-refractivity contribution in [2.24, 2.45) is 10.7 Å². The van der Waals surface area contributed by atoms with E-state index >= 15 is 0 Å². The van der Waals surface area contributed by atoms with Crippen LogP contribution in [-0.4, -0.2) is 63.9 Å². The van der Waals surface area contributed by atoms with Crippen LogP contribution in [0.15, 0.2) is 60.0 Å². The van der Waals surface area contributed by atoms with Gasteiger partial charge in [-0.2, -0.15) is 5.10 Å². The molecule has 1 aliphatic heterocycles. The van der Waals surface area contributed by atoms with Crippen LogP contribution in [-0.2, 0) is 6.54 Å². The predicted molar refractivity (Wildman–Crippen MR) is 127 cm³/mol. The summed E-state index contributed by atoms with van der Waals surface area (Å²) in [5, 5.41) is 4.57. The predicted octanol–water partition coefficient (Wildman–Crippen LogP) is 1.93. The SMILES string of the molecule is COc1ccc(-n2ccc(CN=C(N)N3CCN(c4ncccn4)CC3)n2)cc1.I. The second-order valence-electron chi connectivity index (χ2n) is 6.65. The molecule has 2 N–H and O–H groups in total. The van der Waals surface area contributed by atoms with Gasteiger partial charge in [-0.25, -0.2) is 19.6 Å². The van der Waals surface area contributed by atoms with Gasteiger partial charge in [-0.05, 0) is 36.4 Å². The highest BCUT2D eigenvalue weighted by Gasteiger charge is 2.19. The number of nitrogens with two attached hydrogens (primary N) is 1. The minimum Gasteiger partial charge on any atom is -0.497 e. The molecule has 0 aliphatic carbocycles. The normalized spacial score (nSPS) is 14.4. The number of methoxy groups -OCH3 is 1. The maximum Gasteiger partial charge on any atom is 0.225 e. The van der Waals surface area contributed by atoms with E-state index in [0.29, 0.717) is 12.5 Å². The molecule has 10 heteroatoms. The van der Waals surface area contributed by atoms with Crippen molar-refractivity contribution >= 4 is 35.9 Å². The molecule has 158 valence electrons. The van der Waals surface area contributed by atoms with Gasteiger partial charge in [0.05, 0.1) is 25.0 Å². The fourth-order valence-electron chi connectivity index (χ4n) is 3.18. The third-order valence-corrected chi connectivity index (χ3v) is 4.82. The van der Waals surface area contributed by atoms with Crippen LogP contribution in [0, 0.1) is 0 Å². The minimum atomic E-state index is 0. The van der Waals surface area contributed by atoms with E-state index in [1.165, 1.54) is 0 Å². The molecule has 1 aliphatic rings. The minimum absolute atomic E-state index is 0. The van der Waals surface area contributed by atoms with Crippen molar-refractivity contribution in [3.05, 3.63) is 60.7 Å². The van der Waals surface area contributed by atoms with Gasteiger partial charge in [0.15, 0.2) is 5.96 Å². The number of aromatic nitrogens is 4. The van der Waals surface area contributed by atoms with Crippen LogP contribution in [0.1, 0.15) is 5.69 Å². The summed E-state index contributed by atoms with van der Waals surface area (Å²) in [4.78, 5) is 17.4. The van der Waals surface area contributed by atoms with E-state index < -0.39 is 0 Å². The van der Waals surface area contributed by atoms with Crippen molar-refractivity contribution in [2.75, 3.05) is 38.2 Å². The molecule has 1 saturated heterocycles. The summed E-state index contributed by atoms with van der Waals surface area (Å²) in [5.74, 6) is 2.11. The van der Waals surface area contributed by atoms with Gasteiger partial charge in [-0.3, -0.25) is 0 Å². The van der Waals surface area contributed by atoms with Crippen molar-refractivity contribution in [1.82, 2.24) is 24.6 Å². The lowest BCUT2D eigenvalue weighted by Gasteiger charge is -2.35. The van der Waals surface area contributed by atoms with Gasteiger partial charge in [0, 0.05) is 44.8 Å². The van der Waals surface area contributed by atoms with Gasteiger partial charge >= 0.3 is 0 Å². The van der Waals surface area contributed by atoms with Crippen LogP contribution in [0.25, 0.3) is 5.69 Å². The van der Waals surface area contributed by atoms with Crippen LogP contribution in [0.3, 0.4) is 0 Å². The molecule has 0 atom stereocenters. The molecule has 4 rings (SSSR count). The Hall–Kier alpha value is -2.89. The van der Waals surface area contributed by atoms with E-state index in [9.17, 15) is 0 Å². The monoisotopic (exact) mass is 520 g/mol. The third kappa shape index (κ3) is 5.17. The lowest BCUT2D eigenvalue weighted by molar-refractivity contribution is 0.378. The van der Waals surface area contributed by atoms with Crippen LogP contribution >= 0.6 is 24.0 Å². The quantitative estimate of drug-likeness (QED) is 0.312. The van der Waals surface area contributed by atoms with Crippen LogP contribution < -0.4 is 15.4 Å². The van der Waals surface area contributed by atoms with Crippen molar-refractivity contribution in [2.45, 2.75) is 6.54 Å². The largest absolute Gasteiger partial charge is 0.497 e. The smallest absolute Gasteiger partial charge is 0.225 e. The molecule has 1 fully saturated rings. The number of hydrogen-bond acceptors (Lipinski definition) is 6. The van der Waals surface area contributed by atoms with Crippen LogP contribution in [0.5, 0.6) is 5.75 Å². The summed E-state index contributed by atoms with van der Waals surface area (Å²) in [6.07, 6.45) is 5.44. The molecule has 3 heterocycles. The Bertz CT molecular complexity index is 952. The van der Waals surface area contributed by atoms with Crippen molar-refractivity contribution in [3.63, 3.8) is 0 Å². The molecule has 30 heavy (non-hydrogen) atoms. The molecule has 0 unspecified atom stereocenters. The summed E-state index contributed by atoms with van der Waals surface area (Å²) in [5.41, 5.74) is 8.04. The van der Waals surface area contributed by atoms with Crippen molar-refractivity contribution in [3.8, 4) is 11.4 Å². The molecule has 9 nitrogen and oxygen atoms in total. The number of anilines is 1. The van der Waals surface area contributed by atoms with Gasteiger partial charge in [-0.15, -0.1) is 24.0 Å². The lowest BCUT2D eigenvalue weighted by atomic mass is 10.3. The second kappa shape index (κ2) is 10.2. The summed E-state index contributed by atoms with van der Waals surface area (Å²) < 4.78 is 7.01. The topological polar surface area (TPSA) is 97.7 Å². The van der Waals surface area contributed by atoms with E-state index in [1.54, 1.807) is 19.5 Å². The third-order valence-electron chi connectivity index (χ3n) is 4.82. The van der Waals surface area contributed by atoms with Crippen molar-refractivity contribution < 1.29 is 4.74 Å². The van der Waals surface area contributed by atoms with Gasteiger partial charge < -0.3 is 20.3 Å².